The molecule has 2 atom stereocenters. The first-order chi connectivity index (χ1) is 15.2. The zero-order chi connectivity index (χ0) is 23.4. The Morgan fingerprint density at radius 1 is 1.50 bits per heavy atom. The molecule has 172 valence electrons. The molecular weight excluding hydrogens is 448 g/mol. The molecule has 1 aliphatic heterocycles. The van der Waals surface area contributed by atoms with Gasteiger partial charge < -0.3 is 20.1 Å². The number of amides is 2. The summed E-state index contributed by atoms with van der Waals surface area (Å²) in [5.74, 6) is 0.221. The molecule has 2 N–H and O–H groups in total. The summed E-state index contributed by atoms with van der Waals surface area (Å²) in [4.78, 5) is 33.4. The van der Waals surface area contributed by atoms with Gasteiger partial charge in [-0.1, -0.05) is 29.7 Å². The van der Waals surface area contributed by atoms with Gasteiger partial charge in [-0.05, 0) is 37.1 Å². The van der Waals surface area contributed by atoms with E-state index in [2.05, 4.69) is 16.9 Å². The average molecular weight is 477 g/mol. The van der Waals surface area contributed by atoms with Gasteiger partial charge in [0.15, 0.2) is 5.13 Å². The van der Waals surface area contributed by atoms with Gasteiger partial charge in [-0.3, -0.25) is 14.5 Å². The molecule has 0 radical (unpaired) electrons. The fraction of sp³-hybridized carbons (Fsp3) is 0.409. The minimum Gasteiger partial charge on any atom is -0.496 e. The van der Waals surface area contributed by atoms with Crippen LogP contribution >= 0.6 is 23.1 Å². The van der Waals surface area contributed by atoms with Gasteiger partial charge in [-0.2, -0.15) is 0 Å². The molecule has 0 spiro atoms. The summed E-state index contributed by atoms with van der Waals surface area (Å²) >= 11 is 2.87. The Bertz CT molecular complexity index is 1010. The first-order valence-electron chi connectivity index (χ1n) is 10.1. The number of nitrogens with one attached hydrogen (secondary N) is 1. The molecule has 2 aromatic rings. The quantitative estimate of drug-likeness (QED) is 0.565. The highest BCUT2D eigenvalue weighted by molar-refractivity contribution is 8.01. The van der Waals surface area contributed by atoms with E-state index >= 15 is 0 Å². The second kappa shape index (κ2) is 10.5. The number of likely N-dealkylation sites (N-methyl/N-ethyl adjacent to an activating group) is 1. The first kappa shape index (κ1) is 24.2. The van der Waals surface area contributed by atoms with Gasteiger partial charge in [-0.15, -0.1) is 0 Å². The topological polar surface area (TPSA) is 95.0 Å². The lowest BCUT2D eigenvalue weighted by Gasteiger charge is -2.27. The molecule has 1 fully saturated rings. The third-order valence-electron chi connectivity index (χ3n) is 5.35. The van der Waals surface area contributed by atoms with E-state index in [0.717, 1.165) is 21.1 Å². The van der Waals surface area contributed by atoms with Gasteiger partial charge in [0.25, 0.3) is 5.91 Å². The van der Waals surface area contributed by atoms with Crippen molar-refractivity contribution in [1.82, 2.24) is 14.8 Å². The van der Waals surface area contributed by atoms with E-state index in [1.807, 2.05) is 24.0 Å². The molecule has 1 aliphatic rings. The Morgan fingerprint density at radius 3 is 2.91 bits per heavy atom. The van der Waals surface area contributed by atoms with E-state index in [0.29, 0.717) is 29.5 Å². The summed E-state index contributed by atoms with van der Waals surface area (Å²) in [5.41, 5.74) is 1.46. The van der Waals surface area contributed by atoms with Gasteiger partial charge in [0, 0.05) is 38.0 Å². The van der Waals surface area contributed by atoms with Crippen LogP contribution in [-0.2, 0) is 4.79 Å². The number of aromatic nitrogens is 1. The van der Waals surface area contributed by atoms with Crippen molar-refractivity contribution in [2.75, 3.05) is 32.6 Å². The summed E-state index contributed by atoms with van der Waals surface area (Å²) < 4.78 is 6.41. The standard InChI is InChI=1S/C22H28N4O4S2/c1-6-19(28)26-8-7-15(12-26)25(4)21(29)16-10-18(13(2)9-17(16)30-5)31-20-11-23-22(32-20)24-14(3)27/h6,9-11,15,19,28H,1,7-8,12H2,2-5H3,(H,23,24,27)/t15-,19?/m1/s1. The molecule has 2 amide bonds. The lowest BCUT2D eigenvalue weighted by molar-refractivity contribution is -0.114. The van der Waals surface area contributed by atoms with Crippen LogP contribution in [0.25, 0.3) is 0 Å². The molecule has 0 aliphatic carbocycles. The monoisotopic (exact) mass is 476 g/mol. The number of methoxy groups -OCH3 is 1. The number of anilines is 1. The highest BCUT2D eigenvalue weighted by atomic mass is 32.2. The van der Waals surface area contributed by atoms with Gasteiger partial charge >= 0.3 is 0 Å². The van der Waals surface area contributed by atoms with E-state index in [-0.39, 0.29) is 17.9 Å². The smallest absolute Gasteiger partial charge is 0.257 e. The van der Waals surface area contributed by atoms with Crippen molar-refractivity contribution in [1.29, 1.82) is 0 Å². The number of rotatable bonds is 8. The number of carbonyl (C=O) groups excluding carboxylic acids is 2. The summed E-state index contributed by atoms with van der Waals surface area (Å²) in [6.45, 7) is 8.32. The Balaban J connectivity index is 1.81. The molecule has 10 heteroatoms. The lowest BCUT2D eigenvalue weighted by Crippen LogP contribution is -2.40. The zero-order valence-electron chi connectivity index (χ0n) is 18.6. The average Bonchev–Trinajstić information content (AvgIpc) is 3.42. The van der Waals surface area contributed by atoms with Crippen molar-refractivity contribution >= 4 is 40.0 Å². The Labute approximate surface area is 196 Å². The van der Waals surface area contributed by atoms with Crippen molar-refractivity contribution in [3.63, 3.8) is 0 Å². The third kappa shape index (κ3) is 5.50. The second-order valence-corrected chi connectivity index (χ2v) is 9.96. The number of thiazole rings is 1. The first-order valence-corrected chi connectivity index (χ1v) is 11.8. The van der Waals surface area contributed by atoms with Crippen molar-refractivity contribution in [2.45, 2.75) is 41.6 Å². The van der Waals surface area contributed by atoms with E-state index in [9.17, 15) is 14.7 Å². The number of aliphatic hydroxyl groups excluding tert-OH is 1. The molecule has 1 aromatic carbocycles. The normalized spacial score (nSPS) is 17.1. The number of nitrogens with zero attached hydrogens (tertiary/aromatic N) is 3. The minimum atomic E-state index is -0.706. The Kier molecular flexibility index (Phi) is 7.94. The fourth-order valence-corrected chi connectivity index (χ4v) is 5.55. The number of aliphatic hydroxyl groups is 1. The lowest BCUT2D eigenvalue weighted by atomic mass is 10.1. The van der Waals surface area contributed by atoms with E-state index in [1.165, 1.54) is 36.1 Å². The number of hydrogen-bond acceptors (Lipinski definition) is 8. The highest BCUT2D eigenvalue weighted by Crippen LogP contribution is 2.38. The molecule has 0 bridgehead atoms. The largest absolute Gasteiger partial charge is 0.496 e. The van der Waals surface area contributed by atoms with Gasteiger partial charge in [0.05, 0.1) is 23.1 Å². The van der Waals surface area contributed by atoms with Crippen LogP contribution in [0.3, 0.4) is 0 Å². The molecule has 8 nitrogen and oxygen atoms in total. The zero-order valence-corrected chi connectivity index (χ0v) is 20.3. The predicted molar refractivity (Wildman–Crippen MR) is 127 cm³/mol. The third-order valence-corrected chi connectivity index (χ3v) is 7.53. The maximum absolute atomic E-state index is 13.4. The predicted octanol–water partition coefficient (Wildman–Crippen LogP) is 3.22. The maximum atomic E-state index is 13.4. The number of hydrogen-bond donors (Lipinski definition) is 2. The van der Waals surface area contributed by atoms with Gasteiger partial charge in [-0.25, -0.2) is 4.98 Å². The number of carbonyl (C=O) groups is 2. The van der Waals surface area contributed by atoms with Crippen LogP contribution in [0.4, 0.5) is 5.13 Å². The van der Waals surface area contributed by atoms with Crippen molar-refractivity contribution in [3.05, 3.63) is 42.1 Å². The van der Waals surface area contributed by atoms with Gasteiger partial charge in [0.2, 0.25) is 5.91 Å². The SMILES string of the molecule is C=CC(O)N1CC[C@@H](N(C)C(=O)c2cc(Sc3cnc(NC(C)=O)s3)c(C)cc2OC)C1. The molecule has 3 rings (SSSR count). The van der Waals surface area contributed by atoms with Crippen molar-refractivity contribution in [2.24, 2.45) is 0 Å². The van der Waals surface area contributed by atoms with Crippen LogP contribution in [0, 0.1) is 6.92 Å². The number of likely N-dealkylation sites (tertiary alicyclic amines) is 1. The molecular formula is C22H28N4O4S2. The van der Waals surface area contributed by atoms with E-state index in [1.54, 1.807) is 25.3 Å². The van der Waals surface area contributed by atoms with E-state index in [4.69, 9.17) is 4.74 Å². The van der Waals surface area contributed by atoms with Crippen LogP contribution in [0.1, 0.15) is 29.3 Å². The molecule has 32 heavy (non-hydrogen) atoms. The summed E-state index contributed by atoms with van der Waals surface area (Å²) in [6, 6.07) is 3.70. The van der Waals surface area contributed by atoms with Gasteiger partial charge in [0.1, 0.15) is 12.0 Å². The van der Waals surface area contributed by atoms with Crippen LogP contribution in [0.5, 0.6) is 5.75 Å². The second-order valence-electron chi connectivity index (χ2n) is 7.59. The summed E-state index contributed by atoms with van der Waals surface area (Å²) in [6.07, 6.45) is 3.27. The van der Waals surface area contributed by atoms with E-state index < -0.39 is 6.23 Å². The molecule has 1 saturated heterocycles. The Hall–Kier alpha value is -2.40. The Morgan fingerprint density at radius 2 is 2.25 bits per heavy atom. The molecule has 1 unspecified atom stereocenters. The molecule has 2 heterocycles. The summed E-state index contributed by atoms with van der Waals surface area (Å²) in [5, 5.41) is 13.2. The number of aryl methyl sites for hydroxylation is 1. The van der Waals surface area contributed by atoms with Crippen LogP contribution in [0.2, 0.25) is 0 Å². The number of ether oxygens (including phenoxy) is 1. The summed E-state index contributed by atoms with van der Waals surface area (Å²) in [7, 11) is 3.34. The fourth-order valence-electron chi connectivity index (χ4n) is 3.56. The maximum Gasteiger partial charge on any atom is 0.257 e. The van der Waals surface area contributed by atoms with Crippen molar-refractivity contribution in [3.8, 4) is 5.75 Å². The highest BCUT2D eigenvalue weighted by Gasteiger charge is 2.32. The number of benzene rings is 1. The molecule has 1 aromatic heterocycles. The van der Waals surface area contributed by atoms with Crippen molar-refractivity contribution < 1.29 is 19.4 Å². The minimum absolute atomic E-state index is 0.0130. The van der Waals surface area contributed by atoms with Crippen LogP contribution < -0.4 is 10.1 Å². The molecule has 0 saturated carbocycles. The van der Waals surface area contributed by atoms with Crippen LogP contribution in [0.15, 0.2) is 40.1 Å². The van der Waals surface area contributed by atoms with Crippen LogP contribution in [-0.4, -0.2) is 71.2 Å².